The maximum Gasteiger partial charge on any atom is 0.242 e. The molecule has 2 rings (SSSR count). The molecule has 1 heterocycles. The molecule has 0 aliphatic carbocycles. The third-order valence-electron chi connectivity index (χ3n) is 3.09. The minimum absolute atomic E-state index is 0.0516. The van der Waals surface area contributed by atoms with Crippen LogP contribution in [0.4, 0.5) is 0 Å². The predicted molar refractivity (Wildman–Crippen MR) is 77.6 cm³/mol. The Morgan fingerprint density at radius 3 is 2.79 bits per heavy atom. The zero-order chi connectivity index (χ0) is 14.0. The summed E-state index contributed by atoms with van der Waals surface area (Å²) >= 11 is 5.82. The summed E-state index contributed by atoms with van der Waals surface area (Å²) in [7, 11) is 3.51. The Morgan fingerprint density at radius 2 is 2.16 bits per heavy atom. The molecule has 1 amide bonds. The molecule has 0 bridgehead atoms. The number of rotatable bonds is 4. The van der Waals surface area contributed by atoms with Crippen molar-refractivity contribution in [2.45, 2.75) is 19.9 Å². The van der Waals surface area contributed by atoms with E-state index in [0.29, 0.717) is 18.8 Å². The van der Waals surface area contributed by atoms with Crippen molar-refractivity contribution in [3.05, 3.63) is 29.6 Å². The fraction of sp³-hybridized carbons (Fsp3) is 0.429. The molecule has 0 saturated heterocycles. The van der Waals surface area contributed by atoms with Crippen molar-refractivity contribution < 1.29 is 4.79 Å². The van der Waals surface area contributed by atoms with Crippen molar-refractivity contribution in [3.63, 3.8) is 0 Å². The van der Waals surface area contributed by atoms with E-state index in [1.807, 2.05) is 29.7 Å². The van der Waals surface area contributed by atoms with Gasteiger partial charge in [-0.05, 0) is 24.6 Å². The maximum absolute atomic E-state index is 11.9. The van der Waals surface area contributed by atoms with Gasteiger partial charge in [0.05, 0.1) is 11.0 Å². The number of halogens is 1. The molecule has 0 spiro atoms. The summed E-state index contributed by atoms with van der Waals surface area (Å²) < 4.78 is 1.96. The monoisotopic (exact) mass is 279 g/mol. The van der Waals surface area contributed by atoms with Crippen LogP contribution in [0.3, 0.4) is 0 Å². The first-order valence-corrected chi connectivity index (χ1v) is 6.78. The second-order valence-electron chi connectivity index (χ2n) is 4.83. The van der Waals surface area contributed by atoms with Crippen molar-refractivity contribution in [3.8, 4) is 0 Å². The number of nitrogens with zero attached hydrogens (tertiary/aromatic N) is 3. The first-order valence-electron chi connectivity index (χ1n) is 6.25. The van der Waals surface area contributed by atoms with Gasteiger partial charge >= 0.3 is 0 Å². The number of likely N-dealkylation sites (N-methyl/N-ethyl adjacent to an activating group) is 1. The van der Waals surface area contributed by atoms with E-state index in [2.05, 4.69) is 4.98 Å². The van der Waals surface area contributed by atoms with Crippen LogP contribution < -0.4 is 0 Å². The summed E-state index contributed by atoms with van der Waals surface area (Å²) in [5.41, 5.74) is 3.07. The van der Waals surface area contributed by atoms with Crippen LogP contribution in [0.1, 0.15) is 11.4 Å². The Bertz CT molecular complexity index is 604. The van der Waals surface area contributed by atoms with E-state index in [1.165, 1.54) is 0 Å². The van der Waals surface area contributed by atoms with Crippen LogP contribution in [0.2, 0.25) is 0 Å². The molecule has 0 saturated carbocycles. The molecule has 0 N–H and O–H groups in total. The maximum atomic E-state index is 11.9. The van der Waals surface area contributed by atoms with Crippen LogP contribution in [0.5, 0.6) is 0 Å². The van der Waals surface area contributed by atoms with Gasteiger partial charge in [0.2, 0.25) is 5.91 Å². The normalized spacial score (nSPS) is 10.9. The number of aryl methyl sites for hydroxylation is 2. The van der Waals surface area contributed by atoms with Gasteiger partial charge in [0, 0.05) is 26.4 Å². The average Bonchev–Trinajstić information content (AvgIpc) is 2.67. The van der Waals surface area contributed by atoms with E-state index in [1.54, 1.807) is 19.0 Å². The molecular formula is C14H18ClN3O. The molecule has 0 radical (unpaired) electrons. The van der Waals surface area contributed by atoms with Crippen LogP contribution in [-0.4, -0.2) is 40.3 Å². The fourth-order valence-electron chi connectivity index (χ4n) is 2.02. The zero-order valence-electron chi connectivity index (χ0n) is 11.5. The van der Waals surface area contributed by atoms with Crippen LogP contribution in [0.25, 0.3) is 11.0 Å². The van der Waals surface area contributed by atoms with Gasteiger partial charge < -0.3 is 9.47 Å². The lowest BCUT2D eigenvalue weighted by Crippen LogP contribution is -2.27. The lowest BCUT2D eigenvalue weighted by Gasteiger charge is -2.13. The van der Waals surface area contributed by atoms with Crippen LogP contribution in [-0.2, 0) is 17.8 Å². The highest BCUT2D eigenvalue weighted by molar-refractivity contribution is 6.17. The second-order valence-corrected chi connectivity index (χ2v) is 5.21. The SMILES string of the molecule is Cc1ccc2c(c1)nc(CCCl)n2CC(=O)N(C)C. The number of hydrogen-bond acceptors (Lipinski definition) is 2. The van der Waals surface area contributed by atoms with Gasteiger partial charge in [0.25, 0.3) is 0 Å². The molecular weight excluding hydrogens is 262 g/mol. The minimum atomic E-state index is 0.0516. The van der Waals surface area contributed by atoms with E-state index in [9.17, 15) is 4.79 Å². The summed E-state index contributed by atoms with van der Waals surface area (Å²) in [5.74, 6) is 1.42. The Morgan fingerprint density at radius 1 is 1.42 bits per heavy atom. The number of aromatic nitrogens is 2. The summed E-state index contributed by atoms with van der Waals surface area (Å²) in [6.45, 7) is 2.34. The smallest absolute Gasteiger partial charge is 0.242 e. The summed E-state index contributed by atoms with van der Waals surface area (Å²) in [5, 5.41) is 0. The molecule has 0 unspecified atom stereocenters. The zero-order valence-corrected chi connectivity index (χ0v) is 12.2. The largest absolute Gasteiger partial charge is 0.347 e. The highest BCUT2D eigenvalue weighted by Gasteiger charge is 2.14. The average molecular weight is 280 g/mol. The fourth-order valence-corrected chi connectivity index (χ4v) is 2.19. The molecule has 19 heavy (non-hydrogen) atoms. The molecule has 102 valence electrons. The van der Waals surface area contributed by atoms with Crippen molar-refractivity contribution in [2.75, 3.05) is 20.0 Å². The molecule has 0 aliphatic heterocycles. The van der Waals surface area contributed by atoms with Crippen molar-refractivity contribution in [1.82, 2.24) is 14.5 Å². The van der Waals surface area contributed by atoms with Crippen molar-refractivity contribution in [2.24, 2.45) is 0 Å². The van der Waals surface area contributed by atoms with Crippen LogP contribution in [0.15, 0.2) is 18.2 Å². The van der Waals surface area contributed by atoms with Crippen molar-refractivity contribution >= 4 is 28.5 Å². The van der Waals surface area contributed by atoms with Gasteiger partial charge in [-0.3, -0.25) is 4.79 Å². The molecule has 0 atom stereocenters. The second kappa shape index (κ2) is 5.61. The molecule has 0 fully saturated rings. The molecule has 1 aromatic heterocycles. The minimum Gasteiger partial charge on any atom is -0.347 e. The van der Waals surface area contributed by atoms with Crippen LogP contribution >= 0.6 is 11.6 Å². The molecule has 0 aliphatic rings. The molecule has 1 aromatic carbocycles. The van der Waals surface area contributed by atoms with Gasteiger partial charge in [-0.25, -0.2) is 4.98 Å². The first kappa shape index (κ1) is 13.9. The Kier molecular flexibility index (Phi) is 4.10. The van der Waals surface area contributed by atoms with Gasteiger partial charge in [0.1, 0.15) is 12.4 Å². The van der Waals surface area contributed by atoms with Gasteiger partial charge in [-0.1, -0.05) is 6.07 Å². The predicted octanol–water partition coefficient (Wildman–Crippen LogP) is 2.21. The Balaban J connectivity index is 2.48. The summed E-state index contributed by atoms with van der Waals surface area (Å²) in [6.07, 6.45) is 0.663. The highest BCUT2D eigenvalue weighted by atomic mass is 35.5. The third kappa shape index (κ3) is 2.89. The van der Waals surface area contributed by atoms with Crippen molar-refractivity contribution in [1.29, 1.82) is 0 Å². The standard InChI is InChI=1S/C14H18ClN3O/c1-10-4-5-12-11(8-10)16-13(6-7-15)18(12)9-14(19)17(2)3/h4-5,8H,6-7,9H2,1-3H3. The van der Waals surface area contributed by atoms with Gasteiger partial charge in [-0.2, -0.15) is 0 Å². The number of carbonyl (C=O) groups excluding carboxylic acids is 1. The lowest BCUT2D eigenvalue weighted by molar-refractivity contribution is -0.129. The van der Waals surface area contributed by atoms with Crippen LogP contribution in [0, 0.1) is 6.92 Å². The first-order chi connectivity index (χ1) is 9.02. The van der Waals surface area contributed by atoms with E-state index < -0.39 is 0 Å². The topological polar surface area (TPSA) is 38.1 Å². The lowest BCUT2D eigenvalue weighted by atomic mass is 10.2. The van der Waals surface area contributed by atoms with E-state index in [4.69, 9.17) is 11.6 Å². The molecule has 5 heteroatoms. The number of fused-ring (bicyclic) bond motifs is 1. The van der Waals surface area contributed by atoms with E-state index in [-0.39, 0.29) is 5.91 Å². The number of alkyl halides is 1. The van der Waals surface area contributed by atoms with Gasteiger partial charge in [0.15, 0.2) is 0 Å². The van der Waals surface area contributed by atoms with E-state index >= 15 is 0 Å². The highest BCUT2D eigenvalue weighted by Crippen LogP contribution is 2.18. The number of benzene rings is 1. The third-order valence-corrected chi connectivity index (χ3v) is 3.28. The quantitative estimate of drug-likeness (QED) is 0.805. The Labute approximate surface area is 118 Å². The summed E-state index contributed by atoms with van der Waals surface area (Å²) in [4.78, 5) is 18.1. The van der Waals surface area contributed by atoms with E-state index in [0.717, 1.165) is 22.4 Å². The summed E-state index contributed by atoms with van der Waals surface area (Å²) in [6, 6.07) is 6.08. The molecule has 4 nitrogen and oxygen atoms in total. The Hall–Kier alpha value is -1.55. The van der Waals surface area contributed by atoms with Gasteiger partial charge in [-0.15, -0.1) is 11.6 Å². The number of carbonyl (C=O) groups is 1. The number of imidazole rings is 1. The molecule has 2 aromatic rings. The number of hydrogen-bond donors (Lipinski definition) is 0. The number of amides is 1.